The summed E-state index contributed by atoms with van der Waals surface area (Å²) in [6.07, 6.45) is 1.83. The van der Waals surface area contributed by atoms with Crippen LogP contribution in [0.3, 0.4) is 0 Å². The fourth-order valence-electron chi connectivity index (χ4n) is 1.99. The Balaban J connectivity index is 2.38. The maximum absolute atomic E-state index is 11.6. The summed E-state index contributed by atoms with van der Waals surface area (Å²) in [5, 5.41) is 0. The number of esters is 1. The standard InChI is InChI=1S/C19H18O2/c1-3-21-19(20)15(2)13-14-17-11-7-8-12-18(17)16-9-5-4-6-10-16/h4-12,14H,3H2,1-2H3. The van der Waals surface area contributed by atoms with Crippen molar-refractivity contribution in [2.45, 2.75) is 13.8 Å². The first kappa shape index (κ1) is 14.8. The number of hydrogen-bond acceptors (Lipinski definition) is 2. The van der Waals surface area contributed by atoms with E-state index in [0.717, 1.165) is 16.7 Å². The van der Waals surface area contributed by atoms with Gasteiger partial charge in [0, 0.05) is 0 Å². The molecule has 0 saturated carbocycles. The third kappa shape index (κ3) is 3.95. The molecule has 2 rings (SSSR count). The molecule has 0 atom stereocenters. The van der Waals surface area contributed by atoms with Crippen LogP contribution in [0.1, 0.15) is 19.4 Å². The number of benzene rings is 2. The van der Waals surface area contributed by atoms with Crippen molar-refractivity contribution in [3.05, 3.63) is 71.5 Å². The first-order chi connectivity index (χ1) is 10.2. The molecule has 0 aromatic heterocycles. The molecular weight excluding hydrogens is 260 g/mol. The molecule has 2 nitrogen and oxygen atoms in total. The lowest BCUT2D eigenvalue weighted by Crippen LogP contribution is -2.03. The van der Waals surface area contributed by atoms with Crippen LogP contribution in [0.5, 0.6) is 0 Å². The molecule has 0 fully saturated rings. The van der Waals surface area contributed by atoms with E-state index >= 15 is 0 Å². The van der Waals surface area contributed by atoms with Crippen LogP contribution in [-0.4, -0.2) is 12.6 Å². The van der Waals surface area contributed by atoms with E-state index in [0.29, 0.717) is 12.2 Å². The molecular formula is C19H18O2. The van der Waals surface area contributed by atoms with Crippen LogP contribution in [-0.2, 0) is 9.53 Å². The van der Waals surface area contributed by atoms with Crippen molar-refractivity contribution < 1.29 is 9.53 Å². The summed E-state index contributed by atoms with van der Waals surface area (Å²) in [6, 6.07) is 18.2. The zero-order valence-corrected chi connectivity index (χ0v) is 12.3. The second-order valence-corrected chi connectivity index (χ2v) is 4.59. The minimum atomic E-state index is -0.328. The van der Waals surface area contributed by atoms with E-state index in [1.807, 2.05) is 42.5 Å². The van der Waals surface area contributed by atoms with E-state index in [1.54, 1.807) is 13.8 Å². The highest BCUT2D eigenvalue weighted by Gasteiger charge is 2.04. The minimum Gasteiger partial charge on any atom is -0.462 e. The summed E-state index contributed by atoms with van der Waals surface area (Å²) in [4.78, 5) is 11.6. The number of carbonyl (C=O) groups excluding carboxylic acids is 1. The molecule has 0 amide bonds. The van der Waals surface area contributed by atoms with Gasteiger partial charge in [-0.1, -0.05) is 54.6 Å². The second kappa shape index (κ2) is 7.28. The molecule has 0 N–H and O–H groups in total. The zero-order chi connectivity index (χ0) is 15.1. The van der Waals surface area contributed by atoms with Crippen molar-refractivity contribution in [1.29, 1.82) is 0 Å². The second-order valence-electron chi connectivity index (χ2n) is 4.59. The highest BCUT2D eigenvalue weighted by atomic mass is 16.5. The van der Waals surface area contributed by atoms with Crippen LogP contribution in [0.2, 0.25) is 0 Å². The lowest BCUT2D eigenvalue weighted by molar-refractivity contribution is -0.138. The fourth-order valence-corrected chi connectivity index (χ4v) is 1.99. The molecule has 0 aliphatic carbocycles. The molecule has 0 spiro atoms. The quantitative estimate of drug-likeness (QED) is 0.468. The highest BCUT2D eigenvalue weighted by molar-refractivity contribution is 5.88. The van der Waals surface area contributed by atoms with Crippen LogP contribution >= 0.6 is 0 Å². The van der Waals surface area contributed by atoms with Gasteiger partial charge in [-0.05, 0) is 36.6 Å². The number of carbonyl (C=O) groups is 1. The van der Waals surface area contributed by atoms with E-state index in [-0.39, 0.29) is 5.97 Å². The molecule has 0 bridgehead atoms. The lowest BCUT2D eigenvalue weighted by atomic mass is 9.99. The first-order valence-corrected chi connectivity index (χ1v) is 6.97. The summed E-state index contributed by atoms with van der Waals surface area (Å²) < 4.78 is 4.95. The maximum Gasteiger partial charge on any atom is 0.341 e. The van der Waals surface area contributed by atoms with Gasteiger partial charge in [0.1, 0.15) is 0 Å². The van der Waals surface area contributed by atoms with Gasteiger partial charge in [0.2, 0.25) is 0 Å². The van der Waals surface area contributed by atoms with Gasteiger partial charge in [-0.2, -0.15) is 0 Å². The Labute approximate surface area is 125 Å². The topological polar surface area (TPSA) is 26.3 Å². The van der Waals surface area contributed by atoms with Gasteiger partial charge in [-0.15, -0.1) is 5.73 Å². The number of ether oxygens (including phenoxy) is 1. The van der Waals surface area contributed by atoms with E-state index in [1.165, 1.54) is 0 Å². The van der Waals surface area contributed by atoms with Crippen molar-refractivity contribution in [2.75, 3.05) is 6.61 Å². The Hall–Kier alpha value is -2.57. The van der Waals surface area contributed by atoms with Gasteiger partial charge < -0.3 is 4.74 Å². The third-order valence-electron chi connectivity index (χ3n) is 3.07. The highest BCUT2D eigenvalue weighted by Crippen LogP contribution is 2.24. The monoisotopic (exact) mass is 278 g/mol. The van der Waals surface area contributed by atoms with Gasteiger partial charge in [0.25, 0.3) is 0 Å². The normalized spacial score (nSPS) is 9.62. The van der Waals surface area contributed by atoms with E-state index in [2.05, 4.69) is 23.9 Å². The van der Waals surface area contributed by atoms with Crippen LogP contribution in [0.4, 0.5) is 0 Å². The molecule has 2 aromatic rings. The van der Waals surface area contributed by atoms with Crippen molar-refractivity contribution in [2.24, 2.45) is 0 Å². The smallest absolute Gasteiger partial charge is 0.341 e. The number of rotatable bonds is 4. The van der Waals surface area contributed by atoms with Crippen LogP contribution < -0.4 is 0 Å². The predicted octanol–water partition coefficient (Wildman–Crippen LogP) is 4.48. The zero-order valence-electron chi connectivity index (χ0n) is 12.3. The Morgan fingerprint density at radius 1 is 1.10 bits per heavy atom. The van der Waals surface area contributed by atoms with E-state index in [4.69, 9.17) is 4.74 Å². The third-order valence-corrected chi connectivity index (χ3v) is 3.07. The molecule has 0 heterocycles. The average molecular weight is 278 g/mol. The fraction of sp³-hybridized carbons (Fsp3) is 0.158. The van der Waals surface area contributed by atoms with Crippen molar-refractivity contribution >= 4 is 12.0 Å². The molecule has 0 aliphatic rings. The Morgan fingerprint density at radius 3 is 2.48 bits per heavy atom. The molecule has 2 aromatic carbocycles. The van der Waals surface area contributed by atoms with Crippen molar-refractivity contribution in [3.63, 3.8) is 0 Å². The molecule has 106 valence electrons. The van der Waals surface area contributed by atoms with Crippen LogP contribution in [0, 0.1) is 0 Å². The summed E-state index contributed by atoms with van der Waals surface area (Å²) in [7, 11) is 0. The SMILES string of the molecule is CCOC(=O)C(C)=C=Cc1ccccc1-c1ccccc1. The van der Waals surface area contributed by atoms with Crippen LogP contribution in [0.15, 0.2) is 65.9 Å². The van der Waals surface area contributed by atoms with Gasteiger partial charge in [0.15, 0.2) is 0 Å². The molecule has 0 unspecified atom stereocenters. The molecule has 21 heavy (non-hydrogen) atoms. The predicted molar refractivity (Wildman–Crippen MR) is 85.7 cm³/mol. The molecule has 0 radical (unpaired) electrons. The molecule has 2 heteroatoms. The Kier molecular flexibility index (Phi) is 5.14. The van der Waals surface area contributed by atoms with Gasteiger partial charge in [-0.25, -0.2) is 4.79 Å². The van der Waals surface area contributed by atoms with Gasteiger partial charge >= 0.3 is 5.97 Å². The molecule has 0 saturated heterocycles. The Morgan fingerprint density at radius 2 is 1.76 bits per heavy atom. The summed E-state index contributed by atoms with van der Waals surface area (Å²) in [5.74, 6) is -0.328. The average Bonchev–Trinajstić information content (AvgIpc) is 2.54. The number of hydrogen-bond donors (Lipinski definition) is 0. The summed E-state index contributed by atoms with van der Waals surface area (Å²) in [6.45, 7) is 3.87. The Bertz CT molecular complexity index is 678. The first-order valence-electron chi connectivity index (χ1n) is 6.97. The summed E-state index contributed by atoms with van der Waals surface area (Å²) in [5.41, 5.74) is 6.76. The van der Waals surface area contributed by atoms with Crippen molar-refractivity contribution in [1.82, 2.24) is 0 Å². The van der Waals surface area contributed by atoms with E-state index in [9.17, 15) is 4.79 Å². The van der Waals surface area contributed by atoms with Crippen LogP contribution in [0.25, 0.3) is 17.2 Å². The van der Waals surface area contributed by atoms with Gasteiger partial charge in [0.05, 0.1) is 12.2 Å². The minimum absolute atomic E-state index is 0.328. The van der Waals surface area contributed by atoms with Gasteiger partial charge in [-0.3, -0.25) is 0 Å². The largest absolute Gasteiger partial charge is 0.462 e. The molecule has 0 aliphatic heterocycles. The summed E-state index contributed by atoms with van der Waals surface area (Å²) >= 11 is 0. The van der Waals surface area contributed by atoms with E-state index < -0.39 is 0 Å². The van der Waals surface area contributed by atoms with Crippen molar-refractivity contribution in [3.8, 4) is 11.1 Å². The lowest BCUT2D eigenvalue weighted by Gasteiger charge is -2.05. The maximum atomic E-state index is 11.6.